The Hall–Kier alpha value is -1.61. The lowest BCUT2D eigenvalue weighted by molar-refractivity contribution is 0.539. The topological polar surface area (TPSA) is 29.9 Å². The summed E-state index contributed by atoms with van der Waals surface area (Å²) in [6.07, 6.45) is 1.07. The van der Waals surface area contributed by atoms with Gasteiger partial charge >= 0.3 is 0 Å². The highest BCUT2D eigenvalue weighted by Crippen LogP contribution is 2.22. The standard InChI is InChI=1S/C17H25N3/c1-12(11-18-5)10-16-14(3)19-20(15(16)4)17-9-7-6-8-13(17)2/h6-9,12,18H,10-11H2,1-5H3. The van der Waals surface area contributed by atoms with Crippen LogP contribution < -0.4 is 5.32 Å². The minimum Gasteiger partial charge on any atom is -0.319 e. The van der Waals surface area contributed by atoms with Gasteiger partial charge in [-0.05, 0) is 63.9 Å². The molecule has 0 saturated carbocycles. The summed E-state index contributed by atoms with van der Waals surface area (Å²) in [7, 11) is 2.01. The minimum absolute atomic E-state index is 0.618. The van der Waals surface area contributed by atoms with E-state index in [1.54, 1.807) is 0 Å². The zero-order valence-corrected chi connectivity index (χ0v) is 13.2. The van der Waals surface area contributed by atoms with Gasteiger partial charge in [-0.3, -0.25) is 0 Å². The van der Waals surface area contributed by atoms with Gasteiger partial charge in [0.05, 0.1) is 11.4 Å². The van der Waals surface area contributed by atoms with Crippen molar-refractivity contribution in [2.75, 3.05) is 13.6 Å². The van der Waals surface area contributed by atoms with Crippen LogP contribution in [0.4, 0.5) is 0 Å². The molecular formula is C17H25N3. The second-order valence-corrected chi connectivity index (χ2v) is 5.71. The minimum atomic E-state index is 0.618. The van der Waals surface area contributed by atoms with Gasteiger partial charge in [0.1, 0.15) is 0 Å². The average Bonchev–Trinajstić information content (AvgIpc) is 2.68. The number of nitrogens with zero attached hydrogens (tertiary/aromatic N) is 2. The molecule has 0 aliphatic rings. The molecular weight excluding hydrogens is 246 g/mol. The van der Waals surface area contributed by atoms with E-state index in [0.717, 1.165) is 18.7 Å². The number of rotatable bonds is 5. The first-order valence-electron chi connectivity index (χ1n) is 7.30. The molecule has 1 aromatic heterocycles. The summed E-state index contributed by atoms with van der Waals surface area (Å²) in [4.78, 5) is 0. The van der Waals surface area contributed by atoms with E-state index in [9.17, 15) is 0 Å². The first-order valence-corrected chi connectivity index (χ1v) is 7.30. The van der Waals surface area contributed by atoms with Crippen LogP contribution in [0.2, 0.25) is 0 Å². The molecule has 0 aliphatic heterocycles. The summed E-state index contributed by atoms with van der Waals surface area (Å²) < 4.78 is 2.09. The first kappa shape index (κ1) is 14.8. The van der Waals surface area contributed by atoms with Gasteiger partial charge in [-0.15, -0.1) is 0 Å². The molecule has 20 heavy (non-hydrogen) atoms. The average molecular weight is 271 g/mol. The molecule has 1 aromatic carbocycles. The van der Waals surface area contributed by atoms with Crippen LogP contribution in [-0.4, -0.2) is 23.4 Å². The normalized spacial score (nSPS) is 12.7. The van der Waals surface area contributed by atoms with E-state index in [4.69, 9.17) is 5.10 Å². The number of aryl methyl sites for hydroxylation is 2. The predicted molar refractivity (Wildman–Crippen MR) is 84.6 cm³/mol. The zero-order chi connectivity index (χ0) is 14.7. The predicted octanol–water partition coefficient (Wildman–Crippen LogP) is 3.20. The van der Waals surface area contributed by atoms with Crippen LogP contribution in [0.25, 0.3) is 5.69 Å². The SMILES string of the molecule is CNCC(C)Cc1c(C)nn(-c2ccccc2C)c1C. The summed E-state index contributed by atoms with van der Waals surface area (Å²) in [6, 6.07) is 8.41. The summed E-state index contributed by atoms with van der Waals surface area (Å²) in [5.41, 5.74) is 6.23. The first-order chi connectivity index (χ1) is 9.54. The fourth-order valence-corrected chi connectivity index (χ4v) is 2.78. The van der Waals surface area contributed by atoms with Crippen molar-refractivity contribution < 1.29 is 0 Å². The molecule has 0 fully saturated rings. The van der Waals surface area contributed by atoms with Gasteiger partial charge in [0.25, 0.3) is 0 Å². The Labute approximate surface area is 122 Å². The van der Waals surface area contributed by atoms with Gasteiger partial charge in [0.15, 0.2) is 0 Å². The molecule has 2 aromatic rings. The van der Waals surface area contributed by atoms with Crippen LogP contribution in [-0.2, 0) is 6.42 Å². The highest BCUT2D eigenvalue weighted by molar-refractivity contribution is 5.42. The fraction of sp³-hybridized carbons (Fsp3) is 0.471. The Morgan fingerprint density at radius 2 is 1.90 bits per heavy atom. The lowest BCUT2D eigenvalue weighted by atomic mass is 9.99. The quantitative estimate of drug-likeness (QED) is 0.905. The molecule has 1 unspecified atom stereocenters. The molecule has 0 saturated heterocycles. The van der Waals surface area contributed by atoms with E-state index in [1.807, 2.05) is 7.05 Å². The number of nitrogens with one attached hydrogen (secondary N) is 1. The van der Waals surface area contributed by atoms with Crippen LogP contribution >= 0.6 is 0 Å². The largest absolute Gasteiger partial charge is 0.319 e. The van der Waals surface area contributed by atoms with E-state index < -0.39 is 0 Å². The van der Waals surface area contributed by atoms with Gasteiger partial charge in [-0.1, -0.05) is 25.1 Å². The van der Waals surface area contributed by atoms with Crippen molar-refractivity contribution in [3.8, 4) is 5.69 Å². The Morgan fingerprint density at radius 1 is 1.20 bits per heavy atom. The lowest BCUT2D eigenvalue weighted by Gasteiger charge is -2.12. The van der Waals surface area contributed by atoms with Gasteiger partial charge in [-0.2, -0.15) is 5.10 Å². The van der Waals surface area contributed by atoms with Crippen molar-refractivity contribution in [3.05, 3.63) is 46.8 Å². The Balaban J connectivity index is 2.36. The molecule has 0 spiro atoms. The Bertz CT molecular complexity index is 584. The third-order valence-corrected chi connectivity index (χ3v) is 3.89. The molecule has 2 rings (SSSR count). The number of benzene rings is 1. The summed E-state index contributed by atoms with van der Waals surface area (Å²) in [6.45, 7) is 9.74. The van der Waals surface area contributed by atoms with Crippen LogP contribution in [0.1, 0.15) is 29.4 Å². The van der Waals surface area contributed by atoms with E-state index in [0.29, 0.717) is 5.92 Å². The van der Waals surface area contributed by atoms with Gasteiger partial charge in [0, 0.05) is 5.69 Å². The maximum atomic E-state index is 4.75. The molecule has 3 heteroatoms. The maximum absolute atomic E-state index is 4.75. The Kier molecular flexibility index (Phi) is 4.61. The van der Waals surface area contributed by atoms with Crippen molar-refractivity contribution >= 4 is 0 Å². The molecule has 1 N–H and O–H groups in total. The van der Waals surface area contributed by atoms with Gasteiger partial charge in [0.2, 0.25) is 0 Å². The Morgan fingerprint density at radius 3 is 2.55 bits per heavy atom. The van der Waals surface area contributed by atoms with E-state index >= 15 is 0 Å². The molecule has 1 atom stereocenters. The van der Waals surface area contributed by atoms with Crippen molar-refractivity contribution in [2.45, 2.75) is 34.1 Å². The fourth-order valence-electron chi connectivity index (χ4n) is 2.78. The summed E-state index contributed by atoms with van der Waals surface area (Å²) in [5, 5.41) is 8.00. The lowest BCUT2D eigenvalue weighted by Crippen LogP contribution is -2.18. The molecule has 3 nitrogen and oxygen atoms in total. The summed E-state index contributed by atoms with van der Waals surface area (Å²) >= 11 is 0. The monoisotopic (exact) mass is 271 g/mol. The van der Waals surface area contributed by atoms with Crippen molar-refractivity contribution in [3.63, 3.8) is 0 Å². The smallest absolute Gasteiger partial charge is 0.0678 e. The second kappa shape index (κ2) is 6.23. The molecule has 1 heterocycles. The van der Waals surface area contributed by atoms with Crippen molar-refractivity contribution in [1.29, 1.82) is 0 Å². The number of hydrogen-bond acceptors (Lipinski definition) is 2. The molecule has 0 bridgehead atoms. The van der Waals surface area contributed by atoms with Crippen LogP contribution in [0.3, 0.4) is 0 Å². The third-order valence-electron chi connectivity index (χ3n) is 3.89. The zero-order valence-electron chi connectivity index (χ0n) is 13.2. The number of aromatic nitrogens is 2. The van der Waals surface area contributed by atoms with E-state index in [2.05, 4.69) is 62.0 Å². The van der Waals surface area contributed by atoms with Crippen LogP contribution in [0.15, 0.2) is 24.3 Å². The highest BCUT2D eigenvalue weighted by atomic mass is 15.3. The molecule has 0 radical (unpaired) electrons. The van der Waals surface area contributed by atoms with Gasteiger partial charge < -0.3 is 5.32 Å². The van der Waals surface area contributed by atoms with E-state index in [-0.39, 0.29) is 0 Å². The van der Waals surface area contributed by atoms with Crippen LogP contribution in [0, 0.1) is 26.7 Å². The molecule has 0 aliphatic carbocycles. The summed E-state index contributed by atoms with van der Waals surface area (Å²) in [5.74, 6) is 0.618. The van der Waals surface area contributed by atoms with Gasteiger partial charge in [-0.25, -0.2) is 4.68 Å². The second-order valence-electron chi connectivity index (χ2n) is 5.71. The molecule has 0 amide bonds. The van der Waals surface area contributed by atoms with E-state index in [1.165, 1.54) is 22.5 Å². The number of hydrogen-bond donors (Lipinski definition) is 1. The van der Waals surface area contributed by atoms with Crippen molar-refractivity contribution in [2.24, 2.45) is 5.92 Å². The molecule has 108 valence electrons. The van der Waals surface area contributed by atoms with Crippen molar-refractivity contribution in [1.82, 2.24) is 15.1 Å². The van der Waals surface area contributed by atoms with Crippen LogP contribution in [0.5, 0.6) is 0 Å². The maximum Gasteiger partial charge on any atom is 0.0678 e. The number of para-hydroxylation sites is 1. The highest BCUT2D eigenvalue weighted by Gasteiger charge is 2.15. The third kappa shape index (κ3) is 2.93.